The molecule has 1 N–H and O–H groups in total. The van der Waals surface area contributed by atoms with Crippen LogP contribution in [0.15, 0.2) is 12.2 Å². The molecule has 0 saturated carbocycles. The van der Waals surface area contributed by atoms with Crippen molar-refractivity contribution >= 4 is 0 Å². The first kappa shape index (κ1) is 12.7. The van der Waals surface area contributed by atoms with Gasteiger partial charge in [-0.2, -0.15) is 0 Å². The third-order valence-electron chi connectivity index (χ3n) is 1.93. The van der Waals surface area contributed by atoms with Gasteiger partial charge in [0.25, 0.3) is 0 Å². The molecule has 2 heteroatoms. The van der Waals surface area contributed by atoms with Crippen molar-refractivity contribution in [3.8, 4) is 0 Å². The molecule has 0 saturated heterocycles. The van der Waals surface area contributed by atoms with Gasteiger partial charge in [0.1, 0.15) is 0 Å². The van der Waals surface area contributed by atoms with Crippen LogP contribution < -0.4 is 0 Å². The minimum Gasteiger partial charge on any atom is -0.393 e. The maximum atomic E-state index is 9.50. The maximum Gasteiger partial charge on any atom is 0.0544 e. The zero-order valence-corrected chi connectivity index (χ0v) is 8.88. The van der Waals surface area contributed by atoms with E-state index >= 15 is 0 Å². The molecule has 0 heterocycles. The number of hydrogen-bond acceptors (Lipinski definition) is 2. The minimum atomic E-state index is -0.183. The highest BCUT2D eigenvalue weighted by atomic mass is 16.5. The quantitative estimate of drug-likeness (QED) is 0.466. The normalized spacial score (nSPS) is 12.8. The van der Waals surface area contributed by atoms with E-state index in [-0.39, 0.29) is 6.10 Å². The van der Waals surface area contributed by atoms with Crippen LogP contribution in [0.1, 0.15) is 39.5 Å². The topological polar surface area (TPSA) is 29.5 Å². The van der Waals surface area contributed by atoms with E-state index in [0.717, 1.165) is 44.5 Å². The Kier molecular flexibility index (Phi) is 8.05. The van der Waals surface area contributed by atoms with Gasteiger partial charge in [0.2, 0.25) is 0 Å². The summed E-state index contributed by atoms with van der Waals surface area (Å²) in [5, 5.41) is 9.50. The summed E-state index contributed by atoms with van der Waals surface area (Å²) in [5.41, 5.74) is 1.14. The molecule has 0 radical (unpaired) electrons. The van der Waals surface area contributed by atoms with E-state index in [4.69, 9.17) is 4.74 Å². The van der Waals surface area contributed by atoms with Crippen LogP contribution in [0.3, 0.4) is 0 Å². The summed E-state index contributed by atoms with van der Waals surface area (Å²) >= 11 is 0. The lowest BCUT2D eigenvalue weighted by Gasteiger charge is -2.09. The van der Waals surface area contributed by atoms with E-state index < -0.39 is 0 Å². The van der Waals surface area contributed by atoms with Crippen LogP contribution in [0.5, 0.6) is 0 Å². The molecule has 1 unspecified atom stereocenters. The van der Waals surface area contributed by atoms with Crippen LogP contribution in [-0.2, 0) is 4.74 Å². The highest BCUT2D eigenvalue weighted by Gasteiger charge is 2.03. The molecule has 0 aliphatic carbocycles. The van der Waals surface area contributed by atoms with E-state index in [1.54, 1.807) is 0 Å². The highest BCUT2D eigenvalue weighted by molar-refractivity contribution is 4.88. The molecule has 1 atom stereocenters. The monoisotopic (exact) mass is 186 g/mol. The Morgan fingerprint density at radius 2 is 2.15 bits per heavy atom. The fraction of sp³-hybridized carbons (Fsp3) is 0.818. The van der Waals surface area contributed by atoms with Crippen molar-refractivity contribution in [3.63, 3.8) is 0 Å². The van der Waals surface area contributed by atoms with Crippen molar-refractivity contribution in [1.82, 2.24) is 0 Å². The molecule has 0 amide bonds. The van der Waals surface area contributed by atoms with Gasteiger partial charge in [-0.15, -0.1) is 6.58 Å². The largest absolute Gasteiger partial charge is 0.393 e. The number of allylic oxidation sites excluding steroid dienone is 1. The van der Waals surface area contributed by atoms with Gasteiger partial charge < -0.3 is 9.84 Å². The number of hydrogen-bond donors (Lipinski definition) is 1. The fourth-order valence-corrected chi connectivity index (χ4v) is 1.12. The number of aliphatic hydroxyl groups is 1. The molecule has 0 aliphatic rings. The van der Waals surface area contributed by atoms with Crippen LogP contribution in [0.4, 0.5) is 0 Å². The van der Waals surface area contributed by atoms with Gasteiger partial charge in [0.15, 0.2) is 0 Å². The third-order valence-corrected chi connectivity index (χ3v) is 1.93. The van der Waals surface area contributed by atoms with Crippen molar-refractivity contribution < 1.29 is 9.84 Å². The van der Waals surface area contributed by atoms with Crippen molar-refractivity contribution in [2.24, 2.45) is 0 Å². The average molecular weight is 186 g/mol. The van der Waals surface area contributed by atoms with E-state index in [1.165, 1.54) is 0 Å². The third kappa shape index (κ3) is 9.57. The lowest BCUT2D eigenvalue weighted by Crippen LogP contribution is -2.08. The van der Waals surface area contributed by atoms with E-state index in [1.807, 2.05) is 13.8 Å². The molecule has 0 aromatic rings. The summed E-state index contributed by atoms with van der Waals surface area (Å²) in [7, 11) is 0. The standard InChI is InChI=1S/C11H22O2/c1-4-13-9-5-6-11(12)8-7-10(2)3/h11-12H,2,4-9H2,1,3H3. The second-order valence-electron chi connectivity index (χ2n) is 3.49. The second-order valence-corrected chi connectivity index (χ2v) is 3.49. The molecule has 2 nitrogen and oxygen atoms in total. The van der Waals surface area contributed by atoms with Crippen LogP contribution >= 0.6 is 0 Å². The lowest BCUT2D eigenvalue weighted by atomic mass is 10.1. The first-order valence-corrected chi connectivity index (χ1v) is 5.07. The Bertz CT molecular complexity index is 132. The molecule has 0 rings (SSSR count). The van der Waals surface area contributed by atoms with E-state index in [9.17, 15) is 5.11 Å². The van der Waals surface area contributed by atoms with Crippen LogP contribution in [0.25, 0.3) is 0 Å². The Hall–Kier alpha value is -0.340. The Morgan fingerprint density at radius 3 is 2.69 bits per heavy atom. The zero-order valence-electron chi connectivity index (χ0n) is 8.88. The molecule has 0 aromatic carbocycles. The summed E-state index contributed by atoms with van der Waals surface area (Å²) < 4.78 is 5.18. The molecular formula is C11H22O2. The van der Waals surface area contributed by atoms with Crippen molar-refractivity contribution in [2.75, 3.05) is 13.2 Å². The SMILES string of the molecule is C=C(C)CCC(O)CCCOCC. The first-order valence-electron chi connectivity index (χ1n) is 5.07. The van der Waals surface area contributed by atoms with Crippen molar-refractivity contribution in [1.29, 1.82) is 0 Å². The number of aliphatic hydroxyl groups excluding tert-OH is 1. The van der Waals surface area contributed by atoms with Crippen LogP contribution in [0, 0.1) is 0 Å². The van der Waals surface area contributed by atoms with Gasteiger partial charge >= 0.3 is 0 Å². The molecule has 78 valence electrons. The molecule has 13 heavy (non-hydrogen) atoms. The summed E-state index contributed by atoms with van der Waals surface area (Å²) in [4.78, 5) is 0. The number of ether oxygens (including phenoxy) is 1. The minimum absolute atomic E-state index is 0.183. The van der Waals surface area contributed by atoms with Crippen LogP contribution in [-0.4, -0.2) is 24.4 Å². The highest BCUT2D eigenvalue weighted by Crippen LogP contribution is 2.08. The van der Waals surface area contributed by atoms with Gasteiger partial charge in [0, 0.05) is 13.2 Å². The lowest BCUT2D eigenvalue weighted by molar-refractivity contribution is 0.110. The summed E-state index contributed by atoms with van der Waals surface area (Å²) in [6.07, 6.45) is 3.37. The van der Waals surface area contributed by atoms with E-state index in [0.29, 0.717) is 0 Å². The molecule has 0 spiro atoms. The maximum absolute atomic E-state index is 9.50. The fourth-order valence-electron chi connectivity index (χ4n) is 1.12. The molecule has 0 aromatic heterocycles. The molecule has 0 fully saturated rings. The second kappa shape index (κ2) is 8.27. The van der Waals surface area contributed by atoms with Gasteiger partial charge in [-0.3, -0.25) is 0 Å². The average Bonchev–Trinajstić information content (AvgIpc) is 2.09. The summed E-state index contributed by atoms with van der Waals surface area (Å²) in [5.74, 6) is 0. The molecular weight excluding hydrogens is 164 g/mol. The van der Waals surface area contributed by atoms with Crippen LogP contribution in [0.2, 0.25) is 0 Å². The van der Waals surface area contributed by atoms with Gasteiger partial charge in [0.05, 0.1) is 6.10 Å². The van der Waals surface area contributed by atoms with E-state index in [2.05, 4.69) is 6.58 Å². The number of rotatable bonds is 8. The first-order chi connectivity index (χ1) is 6.16. The Labute approximate surface area is 81.6 Å². The molecule has 0 aliphatic heterocycles. The van der Waals surface area contributed by atoms with Gasteiger partial charge in [-0.1, -0.05) is 5.57 Å². The Balaban J connectivity index is 3.19. The summed E-state index contributed by atoms with van der Waals surface area (Å²) in [6, 6.07) is 0. The predicted molar refractivity (Wildman–Crippen MR) is 55.8 cm³/mol. The van der Waals surface area contributed by atoms with Crippen molar-refractivity contribution in [2.45, 2.75) is 45.6 Å². The molecule has 0 bridgehead atoms. The zero-order chi connectivity index (χ0) is 10.1. The summed E-state index contributed by atoms with van der Waals surface area (Å²) in [6.45, 7) is 9.31. The smallest absolute Gasteiger partial charge is 0.0544 e. The van der Waals surface area contributed by atoms with Crippen molar-refractivity contribution in [3.05, 3.63) is 12.2 Å². The predicted octanol–water partition coefficient (Wildman–Crippen LogP) is 2.52. The van der Waals surface area contributed by atoms with Gasteiger partial charge in [-0.05, 0) is 39.5 Å². The Morgan fingerprint density at radius 1 is 1.46 bits per heavy atom. The van der Waals surface area contributed by atoms with Gasteiger partial charge in [-0.25, -0.2) is 0 Å².